The van der Waals surface area contributed by atoms with Crippen molar-refractivity contribution in [2.75, 3.05) is 7.05 Å². The zero-order valence-corrected chi connectivity index (χ0v) is 29.2. The third-order valence-electron chi connectivity index (χ3n) is 10.8. The van der Waals surface area contributed by atoms with Crippen molar-refractivity contribution in [1.29, 1.82) is 0 Å². The average molecular weight is 692 g/mol. The Kier molecular flexibility index (Phi) is 6.69. The third kappa shape index (κ3) is 4.66. The summed E-state index contributed by atoms with van der Waals surface area (Å²) < 4.78 is 15.5. The van der Waals surface area contributed by atoms with E-state index in [1.54, 1.807) is 0 Å². The number of rotatable bonds is 4. The number of nitrogens with zero attached hydrogens (tertiary/aromatic N) is 1. The van der Waals surface area contributed by atoms with E-state index < -0.39 is 0 Å². The topological polar surface area (TPSA) is 53.6 Å². The lowest BCUT2D eigenvalue weighted by Crippen LogP contribution is -2.54. The van der Waals surface area contributed by atoms with E-state index in [1.165, 1.54) is 36.9 Å². The van der Waals surface area contributed by atoms with Gasteiger partial charge in [0.15, 0.2) is 0 Å². The van der Waals surface area contributed by atoms with Gasteiger partial charge in [-0.3, -0.25) is 15.5 Å². The van der Waals surface area contributed by atoms with Gasteiger partial charge in [-0.25, -0.2) is 0 Å². The molecule has 3 unspecified atom stereocenters. The third-order valence-corrected chi connectivity index (χ3v) is 12.0. The Morgan fingerprint density at radius 3 is 2.00 bits per heavy atom. The summed E-state index contributed by atoms with van der Waals surface area (Å²) in [7, 11) is 2.20. The molecular weight excluding hydrogens is 659 g/mol. The van der Waals surface area contributed by atoms with Crippen LogP contribution in [0.25, 0.3) is 75.2 Å². The number of nitrogens with one attached hydrogen (secondary N) is 2. The first-order valence-electron chi connectivity index (χ1n) is 17.7. The molecule has 0 saturated carbocycles. The molecule has 1 fully saturated rings. The number of benzene rings is 7. The molecule has 0 spiro atoms. The van der Waals surface area contributed by atoms with Crippen LogP contribution >= 0.6 is 11.3 Å². The Morgan fingerprint density at radius 1 is 0.481 bits per heavy atom. The second-order valence-electron chi connectivity index (χ2n) is 13.9. The molecule has 1 saturated heterocycles. The highest BCUT2D eigenvalue weighted by Crippen LogP contribution is 2.42. The molecule has 52 heavy (non-hydrogen) atoms. The van der Waals surface area contributed by atoms with Gasteiger partial charge in [-0.1, -0.05) is 109 Å². The van der Waals surface area contributed by atoms with Crippen LogP contribution in [0.3, 0.4) is 0 Å². The van der Waals surface area contributed by atoms with Crippen LogP contribution < -0.4 is 10.6 Å². The number of hydrogen-bond donors (Lipinski definition) is 2. The van der Waals surface area contributed by atoms with Gasteiger partial charge in [0, 0.05) is 47.3 Å². The van der Waals surface area contributed by atoms with E-state index >= 15 is 0 Å². The van der Waals surface area contributed by atoms with Crippen molar-refractivity contribution in [1.82, 2.24) is 15.5 Å². The predicted molar refractivity (Wildman–Crippen MR) is 214 cm³/mol. The van der Waals surface area contributed by atoms with Crippen molar-refractivity contribution >= 4 is 75.4 Å². The molecule has 6 heteroatoms. The van der Waals surface area contributed by atoms with Crippen molar-refractivity contribution < 1.29 is 8.83 Å². The number of fused-ring (bicyclic) bond motifs is 9. The molecule has 0 amide bonds. The number of thiophene rings is 1. The van der Waals surface area contributed by atoms with Gasteiger partial charge in [0.05, 0.1) is 18.5 Å². The summed E-state index contributed by atoms with van der Waals surface area (Å²) in [6.07, 6.45) is -0.159. The van der Waals surface area contributed by atoms with Crippen LogP contribution in [0.2, 0.25) is 0 Å². The summed E-state index contributed by atoms with van der Waals surface area (Å²) in [6.45, 7) is 0. The molecule has 0 radical (unpaired) electrons. The molecule has 5 nitrogen and oxygen atoms in total. The first-order chi connectivity index (χ1) is 25.7. The van der Waals surface area contributed by atoms with Crippen LogP contribution in [-0.4, -0.2) is 11.9 Å². The second kappa shape index (κ2) is 11.6. The van der Waals surface area contributed by atoms with Gasteiger partial charge in [-0.2, -0.15) is 0 Å². The number of hydrogen-bond acceptors (Lipinski definition) is 6. The first-order valence-corrected chi connectivity index (χ1v) is 18.5. The maximum Gasteiger partial charge on any atom is 0.143 e. The van der Waals surface area contributed by atoms with E-state index in [4.69, 9.17) is 8.83 Å². The van der Waals surface area contributed by atoms with Gasteiger partial charge < -0.3 is 8.83 Å². The van der Waals surface area contributed by atoms with Gasteiger partial charge in [0.25, 0.3) is 0 Å². The highest BCUT2D eigenvalue weighted by molar-refractivity contribution is 7.25. The Balaban J connectivity index is 1.02. The van der Waals surface area contributed by atoms with Gasteiger partial charge in [0.1, 0.15) is 22.3 Å². The zero-order valence-electron chi connectivity index (χ0n) is 28.3. The van der Waals surface area contributed by atoms with Crippen LogP contribution in [0.1, 0.15) is 35.2 Å². The molecule has 7 aromatic carbocycles. The predicted octanol–water partition coefficient (Wildman–Crippen LogP) is 12.0. The van der Waals surface area contributed by atoms with E-state index in [1.807, 2.05) is 23.5 Å². The maximum absolute atomic E-state index is 6.43. The molecule has 4 heterocycles. The summed E-state index contributed by atoms with van der Waals surface area (Å²) in [4.78, 5) is 2.41. The standard InChI is InChI=1S/C46H33N3O2S/c1-49-45(47-44(27-10-3-2-4-11-27)48-46(49)30-18-21-34-33-13-6-8-17-41(33)52-42(34)26-30)29-20-23-40-37(25-29)36-24-28(19-22-39(36)50-40)31-14-9-15-35-32-12-5-7-16-38(32)51-43(31)35/h2-26,44-48H,1H3. The van der Waals surface area contributed by atoms with Crippen molar-refractivity contribution in [2.45, 2.75) is 18.5 Å². The van der Waals surface area contributed by atoms with Gasteiger partial charge in [-0.05, 0) is 71.8 Å². The first kappa shape index (κ1) is 29.9. The van der Waals surface area contributed by atoms with Crippen LogP contribution in [0.15, 0.2) is 160 Å². The minimum absolute atomic E-state index is 0.0289. The molecule has 10 aromatic rings. The molecule has 11 rings (SSSR count). The number of furan rings is 2. The van der Waals surface area contributed by atoms with Gasteiger partial charge >= 0.3 is 0 Å². The minimum Gasteiger partial charge on any atom is -0.456 e. The fourth-order valence-electron chi connectivity index (χ4n) is 8.27. The smallest absolute Gasteiger partial charge is 0.143 e. The average Bonchev–Trinajstić information content (AvgIpc) is 3.88. The van der Waals surface area contributed by atoms with E-state index in [0.29, 0.717) is 0 Å². The molecule has 0 bridgehead atoms. The highest BCUT2D eigenvalue weighted by Gasteiger charge is 2.35. The maximum atomic E-state index is 6.43. The molecule has 1 aliphatic heterocycles. The van der Waals surface area contributed by atoms with Crippen LogP contribution in [-0.2, 0) is 0 Å². The molecular formula is C46H33N3O2S. The van der Waals surface area contributed by atoms with Gasteiger partial charge in [-0.15, -0.1) is 11.3 Å². The Labute approximate surface area is 303 Å². The Hall–Kier alpha value is -5.76. The normalized spacial score (nSPS) is 18.4. The van der Waals surface area contributed by atoms with Crippen molar-refractivity contribution in [3.05, 3.63) is 168 Å². The molecule has 3 aromatic heterocycles. The van der Waals surface area contributed by atoms with Crippen molar-refractivity contribution in [3.8, 4) is 11.1 Å². The summed E-state index contributed by atoms with van der Waals surface area (Å²) in [5.74, 6) is 0. The number of para-hydroxylation sites is 2. The van der Waals surface area contributed by atoms with Gasteiger partial charge in [0.2, 0.25) is 0 Å². The Bertz CT molecular complexity index is 2980. The second-order valence-corrected chi connectivity index (χ2v) is 14.9. The lowest BCUT2D eigenvalue weighted by molar-refractivity contribution is 0.0417. The quantitative estimate of drug-likeness (QED) is 0.192. The molecule has 0 aliphatic carbocycles. The Morgan fingerprint density at radius 2 is 1.13 bits per heavy atom. The van der Waals surface area contributed by atoms with Crippen molar-refractivity contribution in [2.24, 2.45) is 0 Å². The lowest BCUT2D eigenvalue weighted by atomic mass is 9.99. The lowest BCUT2D eigenvalue weighted by Gasteiger charge is -2.45. The molecule has 250 valence electrons. The van der Waals surface area contributed by atoms with E-state index in [9.17, 15) is 0 Å². The van der Waals surface area contributed by atoms with Crippen LogP contribution in [0.4, 0.5) is 0 Å². The monoisotopic (exact) mass is 691 g/mol. The molecule has 3 atom stereocenters. The zero-order chi connectivity index (χ0) is 34.3. The fraction of sp³-hybridized carbons (Fsp3) is 0.0870. The van der Waals surface area contributed by atoms with Crippen LogP contribution in [0, 0.1) is 0 Å². The molecule has 2 N–H and O–H groups in total. The molecule has 1 aliphatic rings. The summed E-state index contributed by atoms with van der Waals surface area (Å²) in [5, 5.41) is 15.0. The van der Waals surface area contributed by atoms with E-state index in [-0.39, 0.29) is 18.5 Å². The van der Waals surface area contributed by atoms with Crippen LogP contribution in [0.5, 0.6) is 0 Å². The largest absolute Gasteiger partial charge is 0.456 e. The minimum atomic E-state index is -0.0728. The van der Waals surface area contributed by atoms with E-state index in [0.717, 1.165) is 55.0 Å². The summed E-state index contributed by atoms with van der Waals surface area (Å²) in [6, 6.07) is 54.1. The summed E-state index contributed by atoms with van der Waals surface area (Å²) in [5.41, 5.74) is 9.35. The summed E-state index contributed by atoms with van der Waals surface area (Å²) >= 11 is 1.86. The SMILES string of the molecule is CN1C(c2ccc3c(c2)sc2ccccc23)NC(c2ccccc2)NC1c1ccc2oc3ccc(-c4cccc5c4oc4ccccc45)cc3c2c1. The highest BCUT2D eigenvalue weighted by atomic mass is 32.1. The van der Waals surface area contributed by atoms with Crippen molar-refractivity contribution in [3.63, 3.8) is 0 Å². The fourth-order valence-corrected chi connectivity index (χ4v) is 9.42. The van der Waals surface area contributed by atoms with E-state index in [2.05, 4.69) is 162 Å².